The van der Waals surface area contributed by atoms with Gasteiger partial charge in [-0.25, -0.2) is 0 Å². The normalized spacial score (nSPS) is 11.5. The molecule has 0 saturated heterocycles. The first-order valence-corrected chi connectivity index (χ1v) is 12.5. The third kappa shape index (κ3) is 18.8. The lowest BCUT2D eigenvalue weighted by Crippen LogP contribution is -2.02. The van der Waals surface area contributed by atoms with Gasteiger partial charge in [-0.3, -0.25) is 0 Å². The number of rotatable bonds is 20. The third-order valence-electron chi connectivity index (χ3n) is 5.45. The number of alkyl halides is 1. The fourth-order valence-corrected chi connectivity index (χ4v) is 4.37. The van der Waals surface area contributed by atoms with Crippen molar-refractivity contribution in [2.45, 2.75) is 136 Å². The van der Waals surface area contributed by atoms with Crippen LogP contribution in [0.25, 0.3) is 0 Å². The lowest BCUT2D eigenvalue weighted by atomic mass is 9.92. The van der Waals surface area contributed by atoms with Gasteiger partial charge < -0.3 is 0 Å². The van der Waals surface area contributed by atoms with E-state index in [2.05, 4.69) is 29.8 Å². The SMILES string of the molecule is CCCCCCCCCCC(CCBr)CCCCCCCCCC. The Balaban J connectivity index is 3.43. The Morgan fingerprint density at radius 2 is 0.792 bits per heavy atom. The van der Waals surface area contributed by atoms with Crippen LogP contribution in [0.1, 0.15) is 136 Å². The van der Waals surface area contributed by atoms with Gasteiger partial charge in [0.1, 0.15) is 0 Å². The Morgan fingerprint density at radius 1 is 0.458 bits per heavy atom. The zero-order valence-electron chi connectivity index (χ0n) is 17.1. The maximum absolute atomic E-state index is 3.67. The highest BCUT2D eigenvalue weighted by molar-refractivity contribution is 9.09. The van der Waals surface area contributed by atoms with E-state index in [1.807, 2.05) is 0 Å². The molecule has 0 aromatic rings. The summed E-state index contributed by atoms with van der Waals surface area (Å²) < 4.78 is 0. The maximum Gasteiger partial charge on any atom is 0.00339 e. The molecule has 0 radical (unpaired) electrons. The van der Waals surface area contributed by atoms with Crippen LogP contribution in [0.3, 0.4) is 0 Å². The molecular weight excluding hydrogens is 356 g/mol. The van der Waals surface area contributed by atoms with E-state index in [0.29, 0.717) is 0 Å². The van der Waals surface area contributed by atoms with Crippen LogP contribution in [0, 0.1) is 5.92 Å². The fourth-order valence-electron chi connectivity index (χ4n) is 3.72. The van der Waals surface area contributed by atoms with Gasteiger partial charge in [-0.1, -0.05) is 145 Å². The summed E-state index contributed by atoms with van der Waals surface area (Å²) in [6, 6.07) is 0. The molecule has 0 saturated carbocycles. The highest BCUT2D eigenvalue weighted by Gasteiger charge is 2.07. The van der Waals surface area contributed by atoms with E-state index >= 15 is 0 Å². The lowest BCUT2D eigenvalue weighted by molar-refractivity contribution is 0.395. The Morgan fingerprint density at radius 3 is 1.12 bits per heavy atom. The summed E-state index contributed by atoms with van der Waals surface area (Å²) in [5, 5.41) is 1.20. The second-order valence-corrected chi connectivity index (χ2v) is 8.66. The minimum Gasteiger partial charge on any atom is -0.0928 e. The number of hydrogen-bond donors (Lipinski definition) is 0. The van der Waals surface area contributed by atoms with E-state index in [1.165, 1.54) is 127 Å². The van der Waals surface area contributed by atoms with Gasteiger partial charge >= 0.3 is 0 Å². The van der Waals surface area contributed by atoms with Crippen molar-refractivity contribution in [2.24, 2.45) is 5.92 Å². The second-order valence-electron chi connectivity index (χ2n) is 7.87. The summed E-state index contributed by atoms with van der Waals surface area (Å²) in [5.74, 6) is 0.990. The predicted octanol–water partition coefficient (Wildman–Crippen LogP) is 9.45. The van der Waals surface area contributed by atoms with Gasteiger partial charge in [0.2, 0.25) is 0 Å². The molecule has 24 heavy (non-hydrogen) atoms. The van der Waals surface area contributed by atoms with Crippen molar-refractivity contribution in [1.29, 1.82) is 0 Å². The highest BCUT2D eigenvalue weighted by atomic mass is 79.9. The molecule has 0 fully saturated rings. The van der Waals surface area contributed by atoms with Crippen molar-refractivity contribution in [1.82, 2.24) is 0 Å². The molecule has 0 spiro atoms. The molecule has 0 aliphatic heterocycles. The molecule has 146 valence electrons. The van der Waals surface area contributed by atoms with Crippen molar-refractivity contribution in [3.63, 3.8) is 0 Å². The molecule has 0 unspecified atom stereocenters. The third-order valence-corrected chi connectivity index (χ3v) is 5.91. The molecule has 0 N–H and O–H groups in total. The van der Waals surface area contributed by atoms with Crippen LogP contribution < -0.4 is 0 Å². The van der Waals surface area contributed by atoms with E-state index in [-0.39, 0.29) is 0 Å². The minimum absolute atomic E-state index is 0.990. The second kappa shape index (κ2) is 21.5. The van der Waals surface area contributed by atoms with Gasteiger partial charge in [-0.2, -0.15) is 0 Å². The smallest absolute Gasteiger partial charge is 0.00339 e. The zero-order valence-corrected chi connectivity index (χ0v) is 18.7. The average molecular weight is 404 g/mol. The Bertz CT molecular complexity index is 194. The van der Waals surface area contributed by atoms with Gasteiger partial charge in [0.15, 0.2) is 0 Å². The van der Waals surface area contributed by atoms with Crippen LogP contribution in [0.15, 0.2) is 0 Å². The molecule has 0 bridgehead atoms. The molecule has 0 nitrogen and oxygen atoms in total. The zero-order chi connectivity index (χ0) is 17.7. The summed E-state index contributed by atoms with van der Waals surface area (Å²) in [5.41, 5.74) is 0. The van der Waals surface area contributed by atoms with Gasteiger partial charge in [0, 0.05) is 5.33 Å². The van der Waals surface area contributed by atoms with E-state index in [1.54, 1.807) is 0 Å². The van der Waals surface area contributed by atoms with Crippen LogP contribution in [-0.4, -0.2) is 5.33 Å². The Labute approximate surface area is 163 Å². The van der Waals surface area contributed by atoms with Crippen molar-refractivity contribution in [3.8, 4) is 0 Å². The van der Waals surface area contributed by atoms with Crippen LogP contribution in [0.5, 0.6) is 0 Å². The van der Waals surface area contributed by atoms with Crippen LogP contribution in [0.2, 0.25) is 0 Å². The van der Waals surface area contributed by atoms with Gasteiger partial charge in [0.05, 0.1) is 0 Å². The average Bonchev–Trinajstić information content (AvgIpc) is 2.59. The number of unbranched alkanes of at least 4 members (excludes halogenated alkanes) is 14. The topological polar surface area (TPSA) is 0 Å². The molecule has 0 rings (SSSR count). The summed E-state index contributed by atoms with van der Waals surface area (Å²) in [7, 11) is 0. The molecular formula is C23H47Br. The quantitative estimate of drug-likeness (QED) is 0.140. The fraction of sp³-hybridized carbons (Fsp3) is 1.00. The number of hydrogen-bond acceptors (Lipinski definition) is 0. The highest BCUT2D eigenvalue weighted by Crippen LogP contribution is 2.23. The van der Waals surface area contributed by atoms with Gasteiger partial charge in [0.25, 0.3) is 0 Å². The molecule has 0 atom stereocenters. The summed E-state index contributed by atoms with van der Waals surface area (Å²) >= 11 is 3.67. The predicted molar refractivity (Wildman–Crippen MR) is 116 cm³/mol. The van der Waals surface area contributed by atoms with Gasteiger partial charge in [-0.15, -0.1) is 0 Å². The van der Waals surface area contributed by atoms with Crippen molar-refractivity contribution in [2.75, 3.05) is 5.33 Å². The Hall–Kier alpha value is 0.480. The standard InChI is InChI=1S/C23H47Br/c1-3-5-7-9-11-13-15-17-19-23(21-22-24)20-18-16-14-12-10-8-6-4-2/h23H,3-22H2,1-2H3. The van der Waals surface area contributed by atoms with E-state index in [4.69, 9.17) is 0 Å². The molecule has 0 aromatic carbocycles. The molecule has 0 heterocycles. The van der Waals surface area contributed by atoms with Crippen LogP contribution in [-0.2, 0) is 0 Å². The van der Waals surface area contributed by atoms with Crippen molar-refractivity contribution in [3.05, 3.63) is 0 Å². The molecule has 1 heteroatoms. The summed E-state index contributed by atoms with van der Waals surface area (Å²) in [4.78, 5) is 0. The summed E-state index contributed by atoms with van der Waals surface area (Å²) in [6.45, 7) is 4.60. The maximum atomic E-state index is 3.67. The largest absolute Gasteiger partial charge is 0.0928 e. The van der Waals surface area contributed by atoms with E-state index in [0.717, 1.165) is 5.92 Å². The lowest BCUT2D eigenvalue weighted by Gasteiger charge is -2.15. The van der Waals surface area contributed by atoms with E-state index in [9.17, 15) is 0 Å². The first-order chi connectivity index (χ1) is 11.8. The van der Waals surface area contributed by atoms with Crippen molar-refractivity contribution >= 4 is 15.9 Å². The first-order valence-electron chi connectivity index (χ1n) is 11.4. The van der Waals surface area contributed by atoms with Gasteiger partial charge in [-0.05, 0) is 12.3 Å². The van der Waals surface area contributed by atoms with Crippen molar-refractivity contribution < 1.29 is 0 Å². The Kier molecular flexibility index (Phi) is 22.0. The monoisotopic (exact) mass is 402 g/mol. The van der Waals surface area contributed by atoms with Crippen LogP contribution in [0.4, 0.5) is 0 Å². The minimum atomic E-state index is 0.990. The number of halogens is 1. The summed E-state index contributed by atoms with van der Waals surface area (Å²) in [6.07, 6.45) is 27.6. The molecule has 0 aliphatic rings. The van der Waals surface area contributed by atoms with Crippen LogP contribution >= 0.6 is 15.9 Å². The first kappa shape index (κ1) is 24.5. The molecule has 0 amide bonds. The molecule has 0 aromatic heterocycles. The molecule has 0 aliphatic carbocycles. The van der Waals surface area contributed by atoms with E-state index < -0.39 is 0 Å².